The molecule has 2 aromatic carbocycles. The minimum atomic E-state index is -1.07. The van der Waals surface area contributed by atoms with E-state index < -0.39 is 11.9 Å². The first-order valence-electron chi connectivity index (χ1n) is 15.6. The SMILES string of the molecule is CCOC(=O)c1cc(OC)c(OCc2nc(C)c(C)nc2C)c(OC)c1.COc1cc(C(=O)O)cc(OC)c1OCc1nc(C)c(C)nc1C. The molecule has 1 N–H and O–H groups in total. The highest BCUT2D eigenvalue weighted by Crippen LogP contribution is 2.40. The Balaban J connectivity index is 0.000000271. The Morgan fingerprint density at radius 3 is 1.22 bits per heavy atom. The van der Waals surface area contributed by atoms with Gasteiger partial charge in [-0.15, -0.1) is 0 Å². The number of carbonyl (C=O) groups excluding carboxylic acids is 1. The summed E-state index contributed by atoms with van der Waals surface area (Å²) in [4.78, 5) is 41.1. The van der Waals surface area contributed by atoms with Crippen molar-refractivity contribution in [2.45, 2.75) is 61.7 Å². The molecular weight excluding hydrogens is 648 g/mol. The van der Waals surface area contributed by atoms with Crippen molar-refractivity contribution in [3.05, 3.63) is 80.9 Å². The van der Waals surface area contributed by atoms with E-state index in [0.29, 0.717) is 34.3 Å². The molecule has 4 aromatic rings. The number of carboxylic acids is 1. The van der Waals surface area contributed by atoms with Gasteiger partial charge in [-0.25, -0.2) is 9.59 Å². The fourth-order valence-corrected chi connectivity index (χ4v) is 4.58. The maximum absolute atomic E-state index is 12.0. The molecule has 0 unspecified atom stereocenters. The molecule has 0 radical (unpaired) electrons. The summed E-state index contributed by atoms with van der Waals surface area (Å²) in [6, 6.07) is 5.90. The van der Waals surface area contributed by atoms with Crippen LogP contribution < -0.4 is 28.4 Å². The van der Waals surface area contributed by atoms with E-state index in [4.69, 9.17) is 38.3 Å². The third-order valence-electron chi connectivity index (χ3n) is 7.54. The number of ether oxygens (including phenoxy) is 7. The quantitative estimate of drug-likeness (QED) is 0.165. The van der Waals surface area contributed by atoms with Gasteiger partial charge in [0.1, 0.15) is 13.2 Å². The van der Waals surface area contributed by atoms with Crippen LogP contribution >= 0.6 is 0 Å². The predicted molar refractivity (Wildman–Crippen MR) is 183 cm³/mol. The van der Waals surface area contributed by atoms with Gasteiger partial charge in [-0.3, -0.25) is 19.9 Å². The molecule has 0 aliphatic carbocycles. The number of nitrogens with zero attached hydrogens (tertiary/aromatic N) is 4. The predicted octanol–water partition coefficient (Wildman–Crippen LogP) is 5.87. The highest BCUT2D eigenvalue weighted by atomic mass is 16.5. The van der Waals surface area contributed by atoms with Crippen LogP contribution in [0.1, 0.15) is 73.2 Å². The Bertz CT molecular complexity index is 1790. The molecule has 2 aromatic heterocycles. The molecule has 14 heteroatoms. The zero-order valence-corrected chi connectivity index (χ0v) is 30.3. The second kappa shape index (κ2) is 17.7. The van der Waals surface area contributed by atoms with Gasteiger partial charge in [0.15, 0.2) is 23.0 Å². The highest BCUT2D eigenvalue weighted by Gasteiger charge is 2.20. The summed E-state index contributed by atoms with van der Waals surface area (Å²) in [5.74, 6) is 0.499. The average molecular weight is 693 g/mol. The number of hydrogen-bond donors (Lipinski definition) is 1. The molecule has 0 spiro atoms. The van der Waals surface area contributed by atoms with E-state index >= 15 is 0 Å². The Morgan fingerprint density at radius 1 is 0.560 bits per heavy atom. The van der Waals surface area contributed by atoms with Crippen LogP contribution in [0.15, 0.2) is 24.3 Å². The molecule has 268 valence electrons. The van der Waals surface area contributed by atoms with Gasteiger partial charge in [0.05, 0.1) is 91.7 Å². The van der Waals surface area contributed by atoms with Crippen molar-refractivity contribution in [3.8, 4) is 34.5 Å². The van der Waals surface area contributed by atoms with Gasteiger partial charge >= 0.3 is 11.9 Å². The van der Waals surface area contributed by atoms with Gasteiger partial charge in [-0.05, 0) is 72.7 Å². The van der Waals surface area contributed by atoms with Crippen molar-refractivity contribution in [1.82, 2.24) is 19.9 Å². The Kier molecular flexibility index (Phi) is 13.7. The van der Waals surface area contributed by atoms with Crippen molar-refractivity contribution in [2.75, 3.05) is 35.0 Å². The number of esters is 1. The lowest BCUT2D eigenvalue weighted by molar-refractivity contribution is 0.0524. The lowest BCUT2D eigenvalue weighted by Crippen LogP contribution is -2.09. The molecule has 0 aliphatic heterocycles. The number of benzene rings is 2. The molecule has 0 atom stereocenters. The Morgan fingerprint density at radius 2 is 0.900 bits per heavy atom. The van der Waals surface area contributed by atoms with Gasteiger partial charge in [0.25, 0.3) is 0 Å². The largest absolute Gasteiger partial charge is 0.493 e. The van der Waals surface area contributed by atoms with Crippen molar-refractivity contribution in [3.63, 3.8) is 0 Å². The topological polar surface area (TPSA) is 171 Å². The molecule has 14 nitrogen and oxygen atoms in total. The van der Waals surface area contributed by atoms with E-state index in [1.165, 1.54) is 40.6 Å². The summed E-state index contributed by atoms with van der Waals surface area (Å²) in [6.07, 6.45) is 0. The second-order valence-electron chi connectivity index (χ2n) is 10.9. The first kappa shape index (κ1) is 38.8. The van der Waals surface area contributed by atoms with E-state index in [-0.39, 0.29) is 36.9 Å². The van der Waals surface area contributed by atoms with Crippen LogP contribution in [0.2, 0.25) is 0 Å². The molecular formula is C36H44N4O10. The summed E-state index contributed by atoms with van der Waals surface area (Å²) < 4.78 is 37.9. The summed E-state index contributed by atoms with van der Waals surface area (Å²) in [6.45, 7) is 13.7. The number of aryl methyl sites for hydroxylation is 6. The van der Waals surface area contributed by atoms with E-state index in [1.54, 1.807) is 19.1 Å². The fourth-order valence-electron chi connectivity index (χ4n) is 4.58. The highest BCUT2D eigenvalue weighted by molar-refractivity contribution is 5.91. The van der Waals surface area contributed by atoms with E-state index in [0.717, 1.165) is 39.9 Å². The first-order chi connectivity index (χ1) is 23.8. The molecule has 0 fully saturated rings. The van der Waals surface area contributed by atoms with Crippen LogP contribution in [0.25, 0.3) is 0 Å². The minimum Gasteiger partial charge on any atom is -0.493 e. The van der Waals surface area contributed by atoms with Crippen LogP contribution in [-0.2, 0) is 18.0 Å². The monoisotopic (exact) mass is 692 g/mol. The van der Waals surface area contributed by atoms with E-state index in [2.05, 4.69) is 19.9 Å². The van der Waals surface area contributed by atoms with Crippen LogP contribution in [-0.4, -0.2) is 72.0 Å². The zero-order valence-electron chi connectivity index (χ0n) is 30.3. The van der Waals surface area contributed by atoms with Crippen LogP contribution in [0.4, 0.5) is 0 Å². The van der Waals surface area contributed by atoms with Gasteiger partial charge in [-0.2, -0.15) is 0 Å². The number of rotatable bonds is 13. The summed E-state index contributed by atoms with van der Waals surface area (Å²) >= 11 is 0. The second-order valence-corrected chi connectivity index (χ2v) is 10.9. The number of carbonyl (C=O) groups is 2. The normalized spacial score (nSPS) is 10.4. The Hall–Kier alpha value is -5.66. The number of carboxylic acid groups (broad SMARTS) is 1. The average Bonchev–Trinajstić information content (AvgIpc) is 3.09. The Labute approximate surface area is 291 Å². The number of aromatic carboxylic acids is 1. The number of methoxy groups -OCH3 is 4. The maximum Gasteiger partial charge on any atom is 0.338 e. The molecule has 0 aliphatic rings. The van der Waals surface area contributed by atoms with E-state index in [9.17, 15) is 9.59 Å². The fraction of sp³-hybridized carbons (Fsp3) is 0.389. The van der Waals surface area contributed by atoms with Crippen molar-refractivity contribution >= 4 is 11.9 Å². The zero-order chi connectivity index (χ0) is 37.1. The summed E-state index contributed by atoms with van der Waals surface area (Å²) in [5.41, 5.74) is 6.83. The van der Waals surface area contributed by atoms with Gasteiger partial charge in [0.2, 0.25) is 11.5 Å². The first-order valence-corrected chi connectivity index (χ1v) is 15.6. The standard InChI is InChI=1S/C19H24N2O5.C17H20N2O5/c1-7-25-19(22)14-8-16(23-5)18(17(9-14)24-6)26-10-15-13(4)20-11(2)12(3)21-15;1-9-10(2)19-13(11(3)18-9)8-24-16-14(22-4)6-12(17(20)21)7-15(16)23-5/h8-9H,7,10H2,1-6H3;6-7H,8H2,1-5H3,(H,20,21). The lowest BCUT2D eigenvalue weighted by Gasteiger charge is -2.16. The lowest BCUT2D eigenvalue weighted by atomic mass is 10.2. The maximum atomic E-state index is 12.0. The number of hydrogen-bond acceptors (Lipinski definition) is 13. The van der Waals surface area contributed by atoms with Crippen molar-refractivity contribution < 1.29 is 47.9 Å². The molecule has 50 heavy (non-hydrogen) atoms. The van der Waals surface area contributed by atoms with Gasteiger partial charge in [0, 0.05) is 0 Å². The molecule has 0 amide bonds. The molecule has 2 heterocycles. The smallest absolute Gasteiger partial charge is 0.338 e. The van der Waals surface area contributed by atoms with Gasteiger partial charge in [-0.1, -0.05) is 0 Å². The van der Waals surface area contributed by atoms with Crippen molar-refractivity contribution in [2.24, 2.45) is 0 Å². The van der Waals surface area contributed by atoms with Crippen LogP contribution in [0.5, 0.6) is 34.5 Å². The third kappa shape index (κ3) is 9.49. The molecule has 0 saturated heterocycles. The molecule has 0 bridgehead atoms. The van der Waals surface area contributed by atoms with Crippen LogP contribution in [0.3, 0.4) is 0 Å². The van der Waals surface area contributed by atoms with Crippen molar-refractivity contribution in [1.29, 1.82) is 0 Å². The minimum absolute atomic E-state index is 0.0539. The van der Waals surface area contributed by atoms with E-state index in [1.807, 2.05) is 41.5 Å². The summed E-state index contributed by atoms with van der Waals surface area (Å²) in [7, 11) is 5.87. The number of aromatic nitrogens is 4. The third-order valence-corrected chi connectivity index (χ3v) is 7.54. The molecule has 0 saturated carbocycles. The molecule has 4 rings (SSSR count). The van der Waals surface area contributed by atoms with Crippen LogP contribution in [0, 0.1) is 41.5 Å². The summed E-state index contributed by atoms with van der Waals surface area (Å²) in [5, 5.41) is 9.15. The van der Waals surface area contributed by atoms with Gasteiger partial charge < -0.3 is 38.3 Å².